The molecule has 12 rings (SSSR count). The first kappa shape index (κ1) is 79.4. The van der Waals surface area contributed by atoms with Crippen molar-refractivity contribution in [3.05, 3.63) is 314 Å². The lowest BCUT2D eigenvalue weighted by Crippen LogP contribution is -2.19. The molecule has 1 aliphatic rings. The highest BCUT2D eigenvalue weighted by atomic mass is 16.2. The van der Waals surface area contributed by atoms with Crippen LogP contribution in [0.3, 0.4) is 0 Å². The van der Waals surface area contributed by atoms with Crippen LogP contribution in [0.5, 0.6) is 0 Å². The molecule has 518 valence electrons. The summed E-state index contributed by atoms with van der Waals surface area (Å²) < 4.78 is 0. The fourth-order valence-electron chi connectivity index (χ4n) is 10.6. The number of carbonyl (C=O) groups excluding carboxylic acids is 4. The Morgan fingerprint density at radius 2 is 0.660 bits per heavy atom. The van der Waals surface area contributed by atoms with Gasteiger partial charge >= 0.3 is 0 Å². The molecule has 9 aromatic carbocycles. The number of nitrogens with zero attached hydrogens (tertiary/aromatic N) is 5. The first-order valence-corrected chi connectivity index (χ1v) is 33.2. The van der Waals surface area contributed by atoms with Gasteiger partial charge < -0.3 is 21.3 Å². The summed E-state index contributed by atoms with van der Waals surface area (Å²) in [5, 5.41) is 20.7. The summed E-state index contributed by atoms with van der Waals surface area (Å²) in [6.45, 7) is 17.0. The maximum absolute atomic E-state index is 12.4. The maximum atomic E-state index is 12.4. The van der Waals surface area contributed by atoms with Crippen LogP contribution in [0.25, 0.3) is 22.8 Å². The van der Waals surface area contributed by atoms with E-state index in [2.05, 4.69) is 164 Å². The highest BCUT2D eigenvalue weighted by Crippen LogP contribution is 2.29. The summed E-state index contributed by atoms with van der Waals surface area (Å²) in [7, 11) is 0. The summed E-state index contributed by atoms with van der Waals surface area (Å²) >= 11 is 0. The number of hydrogen-bond acceptors (Lipinski definition) is 9. The standard InChI is InChI=1S/C24H24N2O2.C23H23N3O2.C18H19N3.C17H18N2.4CH4/c1-3-17-8-12-19(13-9-17)23(27)25-21-6-5-7-22(16-21)26-24(28)20-14-10-18(4-2)11-15-20;1-3-16-8-12-18(13-9-16)22(27)25-20-6-5-7-21(24-20)26-23(28)19-14-10-17(4-2)11-15-19;1-3-13-5-9-15(10-6-13)17-19-18(21-20-17)16-11-7-14(4-2)8-12-16;1-3-12-8-7-9-13(4-2)16(12)17-18-14-10-5-6-11-15(14)19-17;;;;/h5-16H,3-4H2,1-2H3,(H,25,27)(H,26,28);5-15H,3-4H2,1-2H3,(H2,24,25,26,27,28);5-12H,3-4H2,1-2H3,(H,19,20,21);5-11,17H,3-4H2,1-2H3;4*1H4. The van der Waals surface area contributed by atoms with Crippen molar-refractivity contribution in [2.45, 2.75) is 143 Å². The molecule has 0 fully saturated rings. The van der Waals surface area contributed by atoms with Gasteiger partial charge in [0.05, 0.1) is 10.7 Å². The normalized spacial score (nSPS) is 10.7. The van der Waals surface area contributed by atoms with Gasteiger partial charge in [0.2, 0.25) is 0 Å². The van der Waals surface area contributed by atoms with Gasteiger partial charge in [-0.1, -0.05) is 225 Å². The number of carbonyl (C=O) groups is 4. The average Bonchev–Trinajstić information content (AvgIpc) is 1.63. The van der Waals surface area contributed by atoms with E-state index in [4.69, 9.17) is 9.98 Å². The molecule has 0 atom stereocenters. The van der Waals surface area contributed by atoms with Crippen molar-refractivity contribution in [1.29, 1.82) is 0 Å². The van der Waals surface area contributed by atoms with Crippen molar-refractivity contribution in [3.63, 3.8) is 0 Å². The predicted molar refractivity (Wildman–Crippen MR) is 415 cm³/mol. The lowest BCUT2D eigenvalue weighted by Gasteiger charge is -2.15. The number of hydrogen-bond donors (Lipinski definition) is 5. The van der Waals surface area contributed by atoms with Crippen molar-refractivity contribution in [3.8, 4) is 22.8 Å². The molecule has 0 aliphatic carbocycles. The Morgan fingerprint density at radius 1 is 0.340 bits per heavy atom. The van der Waals surface area contributed by atoms with Gasteiger partial charge in [-0.3, -0.25) is 34.3 Å². The van der Waals surface area contributed by atoms with E-state index in [1.807, 2.05) is 97.1 Å². The van der Waals surface area contributed by atoms with Crippen LogP contribution in [-0.4, -0.2) is 43.8 Å². The molecule has 3 heterocycles. The Hall–Kier alpha value is -11.3. The van der Waals surface area contributed by atoms with Gasteiger partial charge in [-0.15, -0.1) is 0 Å². The minimum absolute atomic E-state index is 0. The Kier molecular flexibility index (Phi) is 31.6. The van der Waals surface area contributed by atoms with Gasteiger partial charge in [-0.25, -0.2) is 9.97 Å². The van der Waals surface area contributed by atoms with Crippen molar-refractivity contribution in [2.75, 3.05) is 21.3 Å². The molecule has 100 heavy (non-hydrogen) atoms. The highest BCUT2D eigenvalue weighted by Gasteiger charge is 2.19. The minimum Gasteiger partial charge on any atom is -0.322 e. The number of aromatic nitrogens is 4. The molecular weight excluding hydrogens is 1240 g/mol. The monoisotopic (exact) mass is 1340 g/mol. The molecule has 11 aromatic rings. The fraction of sp³-hybridized carbons (Fsp3) is 0.244. The molecule has 14 heteroatoms. The summed E-state index contributed by atoms with van der Waals surface area (Å²) in [6, 6.07) is 73.7. The van der Waals surface area contributed by atoms with Gasteiger partial charge in [-0.05, 0) is 187 Å². The van der Waals surface area contributed by atoms with E-state index in [0.717, 1.165) is 84.9 Å². The number of amides is 4. The third kappa shape index (κ3) is 21.9. The van der Waals surface area contributed by atoms with Crippen LogP contribution in [0.4, 0.5) is 23.0 Å². The molecule has 0 bridgehead atoms. The van der Waals surface area contributed by atoms with Crippen molar-refractivity contribution in [1.82, 2.24) is 20.2 Å². The van der Waals surface area contributed by atoms with E-state index < -0.39 is 0 Å². The predicted octanol–water partition coefficient (Wildman–Crippen LogP) is 19.6. The second-order valence-electron chi connectivity index (χ2n) is 22.9. The Labute approximate surface area is 593 Å². The number of para-hydroxylation sites is 2. The van der Waals surface area contributed by atoms with E-state index >= 15 is 0 Å². The minimum atomic E-state index is -0.242. The van der Waals surface area contributed by atoms with Crippen LogP contribution in [0, 0.1) is 0 Å². The zero-order chi connectivity index (χ0) is 67.8. The molecule has 4 amide bonds. The summed E-state index contributed by atoms with van der Waals surface area (Å²) in [6.07, 6.45) is 7.81. The molecule has 0 spiro atoms. The number of rotatable bonds is 19. The smallest absolute Gasteiger partial charge is 0.256 e. The number of aromatic amines is 1. The second kappa shape index (κ2) is 39.8. The zero-order valence-electron chi connectivity index (χ0n) is 56.0. The highest BCUT2D eigenvalue weighted by molar-refractivity contribution is 6.07. The van der Waals surface area contributed by atoms with Gasteiger partial charge in [-0.2, -0.15) is 5.10 Å². The van der Waals surface area contributed by atoms with Crippen LogP contribution in [-0.2, 0) is 51.4 Å². The van der Waals surface area contributed by atoms with E-state index in [-0.39, 0.29) is 59.5 Å². The third-order valence-corrected chi connectivity index (χ3v) is 16.6. The number of fused-ring (bicyclic) bond motifs is 1. The third-order valence-electron chi connectivity index (χ3n) is 16.6. The molecule has 0 radical (unpaired) electrons. The van der Waals surface area contributed by atoms with Crippen molar-refractivity contribution >= 4 is 46.6 Å². The number of H-pyrrole nitrogens is 1. The van der Waals surface area contributed by atoms with E-state index in [1.165, 1.54) is 50.1 Å². The van der Waals surface area contributed by atoms with Crippen LogP contribution < -0.4 is 32.0 Å². The van der Waals surface area contributed by atoms with Gasteiger partial charge in [0.1, 0.15) is 11.6 Å². The van der Waals surface area contributed by atoms with Crippen LogP contribution >= 0.6 is 0 Å². The Morgan fingerprint density at radius 3 is 1.01 bits per heavy atom. The first-order valence-electron chi connectivity index (χ1n) is 33.2. The maximum Gasteiger partial charge on any atom is 0.256 e. The first-order chi connectivity index (χ1) is 46.8. The van der Waals surface area contributed by atoms with E-state index in [0.29, 0.717) is 45.3 Å². The fourth-order valence-corrected chi connectivity index (χ4v) is 10.6. The molecule has 5 N–H and O–H groups in total. The quantitative estimate of drug-likeness (QED) is 0.0531. The van der Waals surface area contributed by atoms with Gasteiger partial charge in [0.25, 0.3) is 23.6 Å². The summed E-state index contributed by atoms with van der Waals surface area (Å²) in [4.78, 5) is 68.1. The van der Waals surface area contributed by atoms with Crippen molar-refractivity contribution in [2.24, 2.45) is 9.98 Å². The Balaban J connectivity index is 0.000000240. The lowest BCUT2D eigenvalue weighted by molar-refractivity contribution is 0.101. The number of pyridine rings is 1. The van der Waals surface area contributed by atoms with E-state index in [1.54, 1.807) is 66.7 Å². The summed E-state index contributed by atoms with van der Waals surface area (Å²) in [5.41, 5.74) is 17.1. The molecule has 0 saturated carbocycles. The van der Waals surface area contributed by atoms with Crippen molar-refractivity contribution < 1.29 is 19.2 Å². The molecule has 0 saturated heterocycles. The molecule has 1 aliphatic heterocycles. The molecule has 2 aromatic heterocycles. The van der Waals surface area contributed by atoms with Gasteiger partial charge in [0.15, 0.2) is 17.8 Å². The van der Waals surface area contributed by atoms with Gasteiger partial charge in [0, 0.05) is 50.3 Å². The topological polar surface area (TPSA) is 196 Å². The lowest BCUT2D eigenvalue weighted by atomic mass is 9.96. The molecule has 14 nitrogen and oxygen atoms in total. The van der Waals surface area contributed by atoms with Crippen LogP contribution in [0.1, 0.15) is 183 Å². The molecular formula is C86H100N10O4. The number of benzene rings is 9. The number of aryl methyl sites for hydroxylation is 8. The summed E-state index contributed by atoms with van der Waals surface area (Å²) in [5.74, 6) is 1.47. The SMILES string of the molecule is C.C.C.C.CCc1ccc(-c2n[nH]c(-c3ccc(CC)cc3)n2)cc1.CCc1ccc(C(=O)Nc2cccc(NC(=O)c3ccc(CC)cc3)c2)cc1.CCc1ccc(C(=O)Nc2cccc(NC(=O)c3ccc(CC)cc3)n2)cc1.CCc1cccc(CC)c1C1N=c2ccccc2=N1. The average molecular weight is 1340 g/mol. The zero-order valence-corrected chi connectivity index (χ0v) is 56.0. The number of anilines is 4. The van der Waals surface area contributed by atoms with E-state index in [9.17, 15) is 19.2 Å². The largest absolute Gasteiger partial charge is 0.322 e. The number of nitrogens with one attached hydrogen (secondary N) is 5. The Bertz CT molecular complexity index is 4080. The second-order valence-corrected chi connectivity index (χ2v) is 22.9. The van der Waals surface area contributed by atoms with Crippen LogP contribution in [0.15, 0.2) is 241 Å². The van der Waals surface area contributed by atoms with Crippen LogP contribution in [0.2, 0.25) is 0 Å². The molecule has 0 unspecified atom stereocenters.